The molecule has 0 amide bonds. The van der Waals surface area contributed by atoms with Crippen LogP contribution in [0.15, 0.2) is 24.3 Å². The number of aromatic nitrogens is 2. The third-order valence-electron chi connectivity index (χ3n) is 4.56. The van der Waals surface area contributed by atoms with Crippen molar-refractivity contribution in [2.24, 2.45) is 5.92 Å². The fourth-order valence-electron chi connectivity index (χ4n) is 3.74. The third-order valence-corrected chi connectivity index (χ3v) is 4.56. The molecule has 1 aromatic carbocycles. The van der Waals surface area contributed by atoms with Gasteiger partial charge < -0.3 is 5.11 Å². The molecule has 2 aromatic rings. The number of hydrogen-bond donors (Lipinski definition) is 2. The number of carbonyl (C=O) groups excluding carboxylic acids is 1. The Hall–Kier alpha value is -2.01. The number of hydrogen-bond acceptors (Lipinski definition) is 3. The van der Waals surface area contributed by atoms with Crippen LogP contribution in [0.5, 0.6) is 0 Å². The molecule has 0 fully saturated rings. The number of Topliss-reactive ketones (excluding diaryl/α,β-unsaturated/α-hetero) is 1. The lowest BCUT2D eigenvalue weighted by molar-refractivity contribution is -0.130. The summed E-state index contributed by atoms with van der Waals surface area (Å²) in [4.78, 5) is 12.2. The maximum Gasteiger partial charge on any atom is 0.136 e. The van der Waals surface area contributed by atoms with Gasteiger partial charge in [0.15, 0.2) is 0 Å². The van der Waals surface area contributed by atoms with Crippen molar-refractivity contribution in [2.45, 2.75) is 38.7 Å². The molecule has 1 aliphatic carbocycles. The summed E-state index contributed by atoms with van der Waals surface area (Å²) in [6.07, 6.45) is 0.308. The van der Waals surface area contributed by atoms with Crippen LogP contribution in [0, 0.1) is 18.7 Å². The van der Waals surface area contributed by atoms with Gasteiger partial charge in [-0.05, 0) is 38.5 Å². The number of ketones is 1. The molecule has 1 aromatic heterocycles. The molecule has 3 rings (SSSR count). The number of aliphatic hydroxyl groups is 1. The summed E-state index contributed by atoms with van der Waals surface area (Å²) in [6.45, 7) is 5.01. The van der Waals surface area contributed by atoms with Gasteiger partial charge >= 0.3 is 0 Å². The van der Waals surface area contributed by atoms with Crippen LogP contribution in [0.1, 0.15) is 42.3 Å². The summed E-state index contributed by atoms with van der Waals surface area (Å²) >= 11 is 0. The average molecular weight is 302 g/mol. The van der Waals surface area contributed by atoms with E-state index in [9.17, 15) is 14.3 Å². The summed E-state index contributed by atoms with van der Waals surface area (Å²) in [5.41, 5.74) is 1.97. The van der Waals surface area contributed by atoms with Crippen LogP contribution in [0.2, 0.25) is 0 Å². The Morgan fingerprint density at radius 1 is 1.50 bits per heavy atom. The number of halogens is 1. The Morgan fingerprint density at radius 3 is 2.86 bits per heavy atom. The molecular weight excluding hydrogens is 283 g/mol. The Balaban J connectivity index is 2.25. The van der Waals surface area contributed by atoms with Gasteiger partial charge in [-0.3, -0.25) is 9.89 Å². The zero-order valence-corrected chi connectivity index (χ0v) is 12.9. The van der Waals surface area contributed by atoms with Gasteiger partial charge in [0.2, 0.25) is 0 Å². The zero-order chi connectivity index (χ0) is 16.1. The van der Waals surface area contributed by atoms with Crippen LogP contribution in [0.25, 0.3) is 0 Å². The Kier molecular flexibility index (Phi) is 3.40. The first kappa shape index (κ1) is 14.9. The van der Waals surface area contributed by atoms with Crippen LogP contribution in [0.4, 0.5) is 4.39 Å². The van der Waals surface area contributed by atoms with Crippen molar-refractivity contribution in [3.05, 3.63) is 52.6 Å². The standard InChI is InChI=1S/C17H19FN2O2/c1-9-14-13(20-19-9)8-17(3,22)16(10(2)21)15(14)11-5-4-6-12(18)7-11/h4-7,15-16,22H,8H2,1-3H3,(H,19,20)/t15-,16-,17+/m0/s1. The summed E-state index contributed by atoms with van der Waals surface area (Å²) in [5.74, 6) is -1.48. The average Bonchev–Trinajstić information content (AvgIpc) is 2.76. The molecule has 1 heterocycles. The lowest BCUT2D eigenvalue weighted by Gasteiger charge is -2.41. The SMILES string of the molecule is CC(=O)[C@H]1[C@@H](c2cccc(F)c2)c2c(n[nH]c2C)C[C@@]1(C)O. The molecule has 4 nitrogen and oxygen atoms in total. The number of fused-ring (bicyclic) bond motifs is 1. The van der Waals surface area contributed by atoms with Gasteiger partial charge in [0, 0.05) is 23.6 Å². The molecule has 22 heavy (non-hydrogen) atoms. The van der Waals surface area contributed by atoms with Crippen molar-refractivity contribution in [1.82, 2.24) is 10.2 Å². The number of benzene rings is 1. The molecule has 1 aliphatic rings. The maximum absolute atomic E-state index is 13.7. The van der Waals surface area contributed by atoms with Crippen molar-refractivity contribution in [3.8, 4) is 0 Å². The molecule has 0 spiro atoms. The predicted molar refractivity (Wildman–Crippen MR) is 80.1 cm³/mol. The molecule has 0 bridgehead atoms. The predicted octanol–water partition coefficient (Wildman–Crippen LogP) is 2.50. The van der Waals surface area contributed by atoms with Crippen LogP contribution in [-0.2, 0) is 11.2 Å². The molecular formula is C17H19FN2O2. The van der Waals surface area contributed by atoms with E-state index in [1.165, 1.54) is 19.1 Å². The highest BCUT2D eigenvalue weighted by Gasteiger charge is 2.48. The van der Waals surface area contributed by atoms with Gasteiger partial charge in [0.05, 0.1) is 17.2 Å². The normalized spacial score (nSPS) is 27.5. The molecule has 3 atom stereocenters. The Labute approximate surface area is 128 Å². The number of rotatable bonds is 2. The molecule has 5 heteroatoms. The van der Waals surface area contributed by atoms with E-state index >= 15 is 0 Å². The Morgan fingerprint density at radius 2 is 2.23 bits per heavy atom. The van der Waals surface area contributed by atoms with Gasteiger partial charge in [0.25, 0.3) is 0 Å². The van der Waals surface area contributed by atoms with Crippen LogP contribution < -0.4 is 0 Å². The highest BCUT2D eigenvalue weighted by Crippen LogP contribution is 2.46. The van der Waals surface area contributed by atoms with Gasteiger partial charge in [-0.15, -0.1) is 0 Å². The van der Waals surface area contributed by atoms with Crippen LogP contribution in [-0.4, -0.2) is 26.7 Å². The second-order valence-corrected chi connectivity index (χ2v) is 6.36. The minimum atomic E-state index is -1.21. The molecule has 0 unspecified atom stereocenters. The number of nitrogens with zero attached hydrogens (tertiary/aromatic N) is 1. The minimum Gasteiger partial charge on any atom is -0.389 e. The van der Waals surface area contributed by atoms with Gasteiger partial charge in [-0.25, -0.2) is 4.39 Å². The van der Waals surface area contributed by atoms with Crippen molar-refractivity contribution in [1.29, 1.82) is 0 Å². The lowest BCUT2D eigenvalue weighted by atomic mass is 9.64. The van der Waals surface area contributed by atoms with Crippen molar-refractivity contribution < 1.29 is 14.3 Å². The fraction of sp³-hybridized carbons (Fsp3) is 0.412. The van der Waals surface area contributed by atoms with Gasteiger partial charge in [-0.2, -0.15) is 5.10 Å². The zero-order valence-electron chi connectivity index (χ0n) is 12.9. The van der Waals surface area contributed by atoms with E-state index in [0.717, 1.165) is 17.0 Å². The molecule has 116 valence electrons. The monoisotopic (exact) mass is 302 g/mol. The van der Waals surface area contributed by atoms with Gasteiger partial charge in [-0.1, -0.05) is 12.1 Å². The van der Waals surface area contributed by atoms with Crippen LogP contribution in [0.3, 0.4) is 0 Å². The van der Waals surface area contributed by atoms with Gasteiger partial charge in [0.1, 0.15) is 11.6 Å². The Bertz CT molecular complexity index is 736. The van der Waals surface area contributed by atoms with E-state index < -0.39 is 17.4 Å². The molecule has 0 saturated carbocycles. The maximum atomic E-state index is 13.7. The fourth-order valence-corrected chi connectivity index (χ4v) is 3.74. The smallest absolute Gasteiger partial charge is 0.136 e. The number of aromatic amines is 1. The number of H-pyrrole nitrogens is 1. The van der Waals surface area contributed by atoms with E-state index in [1.54, 1.807) is 19.1 Å². The van der Waals surface area contributed by atoms with Crippen LogP contribution >= 0.6 is 0 Å². The van der Waals surface area contributed by atoms with Crippen molar-refractivity contribution >= 4 is 5.78 Å². The number of aryl methyl sites for hydroxylation is 1. The minimum absolute atomic E-state index is 0.106. The molecule has 0 saturated heterocycles. The lowest BCUT2D eigenvalue weighted by Crippen LogP contribution is -2.48. The number of carbonyl (C=O) groups is 1. The summed E-state index contributed by atoms with van der Waals surface area (Å²) < 4.78 is 13.7. The highest BCUT2D eigenvalue weighted by atomic mass is 19.1. The summed E-state index contributed by atoms with van der Waals surface area (Å²) in [6, 6.07) is 6.22. The second-order valence-electron chi connectivity index (χ2n) is 6.36. The molecule has 0 radical (unpaired) electrons. The first-order chi connectivity index (χ1) is 10.3. The first-order valence-corrected chi connectivity index (χ1v) is 7.33. The quantitative estimate of drug-likeness (QED) is 0.896. The van der Waals surface area contributed by atoms with E-state index in [4.69, 9.17) is 0 Å². The first-order valence-electron chi connectivity index (χ1n) is 7.33. The summed E-state index contributed by atoms with van der Waals surface area (Å²) in [7, 11) is 0. The third kappa shape index (κ3) is 2.25. The second kappa shape index (κ2) is 5.02. The number of nitrogens with one attached hydrogen (secondary N) is 1. The summed E-state index contributed by atoms with van der Waals surface area (Å²) in [5, 5.41) is 18.0. The van der Waals surface area contributed by atoms with E-state index in [2.05, 4.69) is 10.2 Å². The molecule has 2 N–H and O–H groups in total. The molecule has 0 aliphatic heterocycles. The topological polar surface area (TPSA) is 66.0 Å². The van der Waals surface area contributed by atoms with E-state index in [0.29, 0.717) is 12.0 Å². The highest BCUT2D eigenvalue weighted by molar-refractivity contribution is 5.82. The van der Waals surface area contributed by atoms with Crippen molar-refractivity contribution in [2.75, 3.05) is 0 Å². The van der Waals surface area contributed by atoms with Crippen molar-refractivity contribution in [3.63, 3.8) is 0 Å². The largest absolute Gasteiger partial charge is 0.389 e. The van der Waals surface area contributed by atoms with E-state index in [1.807, 2.05) is 6.92 Å². The van der Waals surface area contributed by atoms with E-state index in [-0.39, 0.29) is 11.6 Å².